The van der Waals surface area contributed by atoms with Crippen molar-refractivity contribution in [1.82, 2.24) is 19.9 Å². The summed E-state index contributed by atoms with van der Waals surface area (Å²) in [5, 5.41) is 0. The molecule has 3 aliphatic rings. The van der Waals surface area contributed by atoms with Crippen LogP contribution in [0.4, 0.5) is 13.2 Å². The fourth-order valence-corrected chi connectivity index (χ4v) is 4.71. The number of carbonyl (C=O) groups is 1. The Labute approximate surface area is 188 Å². The molecule has 0 N–H and O–H groups in total. The Kier molecular flexibility index (Phi) is 5.47. The van der Waals surface area contributed by atoms with Crippen LogP contribution in [0, 0.1) is 5.92 Å². The van der Waals surface area contributed by atoms with Crippen molar-refractivity contribution in [3.05, 3.63) is 72.3 Å². The zero-order chi connectivity index (χ0) is 23.0. The molecule has 1 aliphatic carbocycles. The molecule has 5 heterocycles. The van der Waals surface area contributed by atoms with E-state index in [4.69, 9.17) is 4.74 Å². The van der Waals surface area contributed by atoms with Gasteiger partial charge in [-0.2, -0.15) is 13.2 Å². The van der Waals surface area contributed by atoms with Gasteiger partial charge in [0, 0.05) is 36.8 Å². The second-order valence-corrected chi connectivity index (χ2v) is 8.36. The van der Waals surface area contributed by atoms with Crippen molar-refractivity contribution in [3.8, 4) is 17.1 Å². The molecule has 170 valence electrons. The molecular weight excluding hydrogens is 433 g/mol. The second-order valence-electron chi connectivity index (χ2n) is 8.36. The maximum absolute atomic E-state index is 13.6. The largest absolute Gasteiger partial charge is 0.472 e. The monoisotopic (exact) mass is 454 g/mol. The number of nitrogens with zero attached hydrogens (tertiary/aromatic N) is 4. The third kappa shape index (κ3) is 4.27. The molecular formula is C24H21F3N4O2. The number of carbonyl (C=O) groups excluding carboxylic acids is 1. The van der Waals surface area contributed by atoms with Crippen molar-refractivity contribution in [2.75, 3.05) is 6.54 Å². The van der Waals surface area contributed by atoms with Crippen LogP contribution in [0.15, 0.2) is 61.1 Å². The first-order chi connectivity index (χ1) is 15.9. The second kappa shape index (κ2) is 8.46. The van der Waals surface area contributed by atoms with Gasteiger partial charge < -0.3 is 9.64 Å². The number of piperidine rings is 2. The Morgan fingerprint density at radius 2 is 1.85 bits per heavy atom. The van der Waals surface area contributed by atoms with Crippen LogP contribution in [0.1, 0.15) is 35.3 Å². The summed E-state index contributed by atoms with van der Waals surface area (Å²) in [6.45, 7) is 0.599. The highest BCUT2D eigenvalue weighted by Gasteiger charge is 2.45. The molecule has 3 aromatic rings. The Balaban J connectivity index is 1.38. The SMILES string of the molecule is O=C(c1ncccc1-c1ccccn1)N1CC2CC[C@H]1[C@H](Oc1ccc(C(F)(F)F)cn1)C2. The fraction of sp³-hybridized carbons (Fsp3) is 0.333. The van der Waals surface area contributed by atoms with Crippen LogP contribution >= 0.6 is 0 Å². The lowest BCUT2D eigenvalue weighted by atomic mass is 9.77. The molecule has 1 saturated carbocycles. The number of alkyl halides is 3. The average molecular weight is 454 g/mol. The van der Waals surface area contributed by atoms with Crippen LogP contribution in [-0.4, -0.2) is 44.4 Å². The first-order valence-corrected chi connectivity index (χ1v) is 10.8. The van der Waals surface area contributed by atoms with Gasteiger partial charge in [-0.25, -0.2) is 4.98 Å². The Hall–Kier alpha value is -3.49. The molecule has 2 saturated heterocycles. The van der Waals surface area contributed by atoms with Crippen molar-refractivity contribution in [1.29, 1.82) is 0 Å². The Morgan fingerprint density at radius 1 is 1.00 bits per heavy atom. The molecule has 0 spiro atoms. The molecule has 0 radical (unpaired) electrons. The summed E-state index contributed by atoms with van der Waals surface area (Å²) in [5.74, 6) is 0.181. The molecule has 0 aromatic carbocycles. The van der Waals surface area contributed by atoms with Gasteiger partial charge in [0.15, 0.2) is 0 Å². The number of hydrogen-bond acceptors (Lipinski definition) is 5. The van der Waals surface area contributed by atoms with Gasteiger partial charge in [0.05, 0.1) is 17.3 Å². The van der Waals surface area contributed by atoms with Gasteiger partial charge in [-0.3, -0.25) is 14.8 Å². The topological polar surface area (TPSA) is 68.2 Å². The van der Waals surface area contributed by atoms with Crippen LogP contribution in [0.3, 0.4) is 0 Å². The summed E-state index contributed by atoms with van der Waals surface area (Å²) in [6.07, 6.45) is 1.69. The minimum absolute atomic E-state index is 0.125. The quantitative estimate of drug-likeness (QED) is 0.575. The number of pyridine rings is 3. The van der Waals surface area contributed by atoms with E-state index in [1.54, 1.807) is 23.4 Å². The number of hydrogen-bond donors (Lipinski definition) is 0. The van der Waals surface area contributed by atoms with E-state index in [2.05, 4.69) is 15.0 Å². The number of amides is 1. The number of rotatable bonds is 4. The smallest absolute Gasteiger partial charge is 0.417 e. The van der Waals surface area contributed by atoms with Crippen molar-refractivity contribution >= 4 is 5.91 Å². The van der Waals surface area contributed by atoms with Crippen molar-refractivity contribution in [2.45, 2.75) is 37.6 Å². The van der Waals surface area contributed by atoms with E-state index in [-0.39, 0.29) is 29.9 Å². The van der Waals surface area contributed by atoms with Crippen LogP contribution in [0.2, 0.25) is 0 Å². The third-order valence-electron chi connectivity index (χ3n) is 6.27. The maximum Gasteiger partial charge on any atom is 0.417 e. The van der Waals surface area contributed by atoms with E-state index in [9.17, 15) is 18.0 Å². The highest BCUT2D eigenvalue weighted by Crippen LogP contribution is 2.38. The lowest BCUT2D eigenvalue weighted by molar-refractivity contribution is -0.137. The number of fused-ring (bicyclic) bond motifs is 3. The normalized spacial score (nSPS) is 22.3. The molecule has 1 amide bonds. The third-order valence-corrected chi connectivity index (χ3v) is 6.27. The number of aromatic nitrogens is 3. The average Bonchev–Trinajstić information content (AvgIpc) is 2.84. The molecule has 3 atom stereocenters. The molecule has 9 heteroatoms. The molecule has 1 unspecified atom stereocenters. The summed E-state index contributed by atoms with van der Waals surface area (Å²) in [7, 11) is 0. The molecule has 3 aromatic heterocycles. The van der Waals surface area contributed by atoms with Crippen LogP contribution in [0.5, 0.6) is 5.88 Å². The van der Waals surface area contributed by atoms with Gasteiger partial charge in [-0.15, -0.1) is 0 Å². The molecule has 3 fully saturated rings. The lowest BCUT2D eigenvalue weighted by Gasteiger charge is -2.49. The van der Waals surface area contributed by atoms with Crippen LogP contribution in [-0.2, 0) is 6.18 Å². The van der Waals surface area contributed by atoms with Gasteiger partial charge in [0.1, 0.15) is 11.8 Å². The standard InChI is InChI=1S/C24H21F3N4O2/c25-24(26,27)16-7-9-21(30-13-16)33-20-12-15-6-8-19(20)31(14-15)23(32)22-17(4-3-11-29-22)18-5-1-2-10-28-18/h1-5,7,9-11,13,15,19-20H,6,8,12,14H2/t15?,19-,20+/m0/s1. The highest BCUT2D eigenvalue weighted by molar-refractivity contribution is 5.98. The minimum Gasteiger partial charge on any atom is -0.472 e. The van der Waals surface area contributed by atoms with E-state index in [0.29, 0.717) is 23.5 Å². The van der Waals surface area contributed by atoms with E-state index in [1.807, 2.05) is 24.3 Å². The summed E-state index contributed by atoms with van der Waals surface area (Å²) in [6, 6.07) is 11.1. The molecule has 6 nitrogen and oxygen atoms in total. The van der Waals surface area contributed by atoms with E-state index < -0.39 is 11.7 Å². The van der Waals surface area contributed by atoms with E-state index in [0.717, 1.165) is 31.5 Å². The molecule has 2 bridgehead atoms. The predicted octanol–water partition coefficient (Wildman–Crippen LogP) is 4.63. The lowest BCUT2D eigenvalue weighted by Crippen LogP contribution is -2.59. The van der Waals surface area contributed by atoms with Gasteiger partial charge in [0.25, 0.3) is 5.91 Å². The summed E-state index contributed by atoms with van der Waals surface area (Å²) in [5.41, 5.74) is 0.827. The minimum atomic E-state index is -4.45. The first-order valence-electron chi connectivity index (χ1n) is 10.8. The summed E-state index contributed by atoms with van der Waals surface area (Å²) in [4.78, 5) is 27.9. The van der Waals surface area contributed by atoms with Crippen molar-refractivity contribution in [2.24, 2.45) is 5.92 Å². The predicted molar refractivity (Wildman–Crippen MR) is 113 cm³/mol. The van der Waals surface area contributed by atoms with E-state index in [1.165, 1.54) is 6.07 Å². The Bertz CT molecular complexity index is 1140. The highest BCUT2D eigenvalue weighted by atomic mass is 19.4. The number of halogens is 3. The van der Waals surface area contributed by atoms with Crippen molar-refractivity contribution < 1.29 is 22.7 Å². The van der Waals surface area contributed by atoms with Gasteiger partial charge in [-0.1, -0.05) is 6.07 Å². The summed E-state index contributed by atoms with van der Waals surface area (Å²) >= 11 is 0. The zero-order valence-electron chi connectivity index (χ0n) is 17.6. The summed E-state index contributed by atoms with van der Waals surface area (Å²) < 4.78 is 44.4. The first kappa shape index (κ1) is 21.4. The molecule has 33 heavy (non-hydrogen) atoms. The van der Waals surface area contributed by atoms with Crippen LogP contribution in [0.25, 0.3) is 11.3 Å². The van der Waals surface area contributed by atoms with Gasteiger partial charge in [-0.05, 0) is 55.5 Å². The maximum atomic E-state index is 13.6. The van der Waals surface area contributed by atoms with Crippen LogP contribution < -0.4 is 4.74 Å². The van der Waals surface area contributed by atoms with E-state index >= 15 is 0 Å². The molecule has 6 rings (SSSR count). The molecule has 2 aliphatic heterocycles. The Morgan fingerprint density at radius 3 is 2.55 bits per heavy atom. The number of ether oxygens (including phenoxy) is 1. The fourth-order valence-electron chi connectivity index (χ4n) is 4.71. The van der Waals surface area contributed by atoms with Gasteiger partial charge >= 0.3 is 6.18 Å². The van der Waals surface area contributed by atoms with Crippen molar-refractivity contribution in [3.63, 3.8) is 0 Å². The van der Waals surface area contributed by atoms with Gasteiger partial charge in [0.2, 0.25) is 5.88 Å². The zero-order valence-corrected chi connectivity index (χ0v) is 17.6.